The van der Waals surface area contributed by atoms with Crippen LogP contribution < -0.4 is 5.73 Å². The summed E-state index contributed by atoms with van der Waals surface area (Å²) in [5.41, 5.74) is 5.71. The van der Waals surface area contributed by atoms with Crippen LogP contribution in [0.1, 0.15) is 13.3 Å². The van der Waals surface area contributed by atoms with E-state index in [0.717, 1.165) is 6.42 Å². The highest BCUT2D eigenvalue weighted by Crippen LogP contribution is 2.15. The minimum atomic E-state index is -2.34. The van der Waals surface area contributed by atoms with Crippen molar-refractivity contribution in [1.82, 2.24) is 9.80 Å². The van der Waals surface area contributed by atoms with Gasteiger partial charge in [0.2, 0.25) is 5.91 Å². The molecule has 1 heterocycles. The van der Waals surface area contributed by atoms with E-state index in [1.807, 2.05) is 6.92 Å². The summed E-state index contributed by atoms with van der Waals surface area (Å²) in [6.07, 6.45) is -1.61. The number of rotatable bonds is 6. The van der Waals surface area contributed by atoms with E-state index in [1.165, 1.54) is 7.11 Å². The Hall–Kier alpha value is -0.790. The van der Waals surface area contributed by atoms with Crippen LogP contribution in [0.15, 0.2) is 0 Å². The van der Waals surface area contributed by atoms with Crippen molar-refractivity contribution in [3.8, 4) is 0 Å². The van der Waals surface area contributed by atoms with Crippen molar-refractivity contribution in [2.75, 3.05) is 39.9 Å². The van der Waals surface area contributed by atoms with E-state index < -0.39 is 12.5 Å². The molecule has 0 radical (unpaired) electrons. The lowest BCUT2D eigenvalue weighted by molar-refractivity contribution is -0.137. The van der Waals surface area contributed by atoms with Gasteiger partial charge in [-0.2, -0.15) is 0 Å². The number of nitrogens with two attached hydrogens (primary N) is 1. The molecule has 2 unspecified atom stereocenters. The number of amides is 1. The number of alkyl halides is 2. The average Bonchev–Trinajstić information content (AvgIpc) is 2.38. The third-order valence-electron chi connectivity index (χ3n) is 3.42. The Balaban J connectivity index is 2.56. The van der Waals surface area contributed by atoms with Crippen molar-refractivity contribution in [1.29, 1.82) is 0 Å². The summed E-state index contributed by atoms with van der Waals surface area (Å²) in [5.74, 6) is -0.169. The lowest BCUT2D eigenvalue weighted by Gasteiger charge is -2.41. The van der Waals surface area contributed by atoms with Gasteiger partial charge in [0.15, 0.2) is 0 Å². The lowest BCUT2D eigenvalue weighted by Crippen LogP contribution is -2.58. The first kappa shape index (κ1) is 16.3. The molecule has 1 aliphatic rings. The fourth-order valence-corrected chi connectivity index (χ4v) is 2.38. The summed E-state index contributed by atoms with van der Waals surface area (Å²) < 4.78 is 29.8. The van der Waals surface area contributed by atoms with E-state index in [0.29, 0.717) is 19.6 Å². The molecule has 1 rings (SSSR count). The van der Waals surface area contributed by atoms with E-state index in [1.54, 1.807) is 9.80 Å². The SMILES string of the molecule is CCC1CN(C(=O)C(N)COC)CCN1CC(F)F. The number of piperazine rings is 1. The molecule has 5 nitrogen and oxygen atoms in total. The topological polar surface area (TPSA) is 58.8 Å². The Labute approximate surface area is 112 Å². The molecule has 1 amide bonds. The van der Waals surface area contributed by atoms with Gasteiger partial charge < -0.3 is 15.4 Å². The van der Waals surface area contributed by atoms with E-state index in [4.69, 9.17) is 10.5 Å². The molecule has 7 heteroatoms. The summed E-state index contributed by atoms with van der Waals surface area (Å²) >= 11 is 0. The third-order valence-corrected chi connectivity index (χ3v) is 3.42. The van der Waals surface area contributed by atoms with Crippen molar-refractivity contribution in [2.45, 2.75) is 31.9 Å². The molecule has 1 aliphatic heterocycles. The molecule has 1 fully saturated rings. The van der Waals surface area contributed by atoms with Crippen molar-refractivity contribution in [3.63, 3.8) is 0 Å². The maximum atomic E-state index is 12.5. The molecule has 0 bridgehead atoms. The van der Waals surface area contributed by atoms with Crippen molar-refractivity contribution >= 4 is 5.91 Å². The molecule has 19 heavy (non-hydrogen) atoms. The standard InChI is InChI=1S/C12H23F2N3O2/c1-3-9-6-17(12(18)10(15)8-19-2)5-4-16(9)7-11(13)14/h9-11H,3-8,15H2,1-2H3. The van der Waals surface area contributed by atoms with Gasteiger partial charge in [-0.1, -0.05) is 6.92 Å². The lowest BCUT2D eigenvalue weighted by atomic mass is 10.1. The quantitative estimate of drug-likeness (QED) is 0.752. The smallest absolute Gasteiger partial charge is 0.251 e. The zero-order chi connectivity index (χ0) is 14.4. The van der Waals surface area contributed by atoms with Gasteiger partial charge in [-0.25, -0.2) is 8.78 Å². The van der Waals surface area contributed by atoms with Gasteiger partial charge in [0.1, 0.15) is 6.04 Å². The molecule has 0 aromatic heterocycles. The molecule has 0 saturated carbocycles. The second-order valence-electron chi connectivity index (χ2n) is 4.79. The fourth-order valence-electron chi connectivity index (χ4n) is 2.38. The molecular weight excluding hydrogens is 256 g/mol. The molecule has 1 saturated heterocycles. The van der Waals surface area contributed by atoms with Crippen molar-refractivity contribution in [2.24, 2.45) is 5.73 Å². The fraction of sp³-hybridized carbons (Fsp3) is 0.917. The first-order valence-corrected chi connectivity index (χ1v) is 6.55. The average molecular weight is 279 g/mol. The third kappa shape index (κ3) is 4.67. The maximum Gasteiger partial charge on any atom is 0.251 e. The van der Waals surface area contributed by atoms with Gasteiger partial charge in [-0.3, -0.25) is 9.69 Å². The van der Waals surface area contributed by atoms with E-state index in [9.17, 15) is 13.6 Å². The zero-order valence-electron chi connectivity index (χ0n) is 11.5. The number of hydrogen-bond acceptors (Lipinski definition) is 4. The highest BCUT2D eigenvalue weighted by Gasteiger charge is 2.31. The van der Waals surface area contributed by atoms with Crippen LogP contribution in [0.5, 0.6) is 0 Å². The number of carbonyl (C=O) groups excluding carboxylic acids is 1. The van der Waals surface area contributed by atoms with E-state index in [2.05, 4.69) is 0 Å². The Morgan fingerprint density at radius 3 is 2.68 bits per heavy atom. The normalized spacial score (nSPS) is 22.8. The van der Waals surface area contributed by atoms with Crippen LogP contribution in [0.4, 0.5) is 8.78 Å². The molecular formula is C12H23F2N3O2. The second kappa shape index (κ2) is 7.72. The number of halogens is 2. The number of hydrogen-bond donors (Lipinski definition) is 1. The van der Waals surface area contributed by atoms with Gasteiger partial charge >= 0.3 is 0 Å². The highest BCUT2D eigenvalue weighted by atomic mass is 19.3. The molecule has 0 aromatic carbocycles. The van der Waals surface area contributed by atoms with Crippen LogP contribution in [0, 0.1) is 0 Å². The van der Waals surface area contributed by atoms with Gasteiger partial charge in [0.25, 0.3) is 6.43 Å². The summed E-state index contributed by atoms with van der Waals surface area (Å²) in [4.78, 5) is 15.4. The van der Waals surface area contributed by atoms with Crippen LogP contribution in [-0.2, 0) is 9.53 Å². The van der Waals surface area contributed by atoms with Gasteiger partial charge in [-0.15, -0.1) is 0 Å². The Morgan fingerprint density at radius 1 is 1.47 bits per heavy atom. The van der Waals surface area contributed by atoms with Gasteiger partial charge in [0.05, 0.1) is 13.2 Å². The van der Waals surface area contributed by atoms with E-state index >= 15 is 0 Å². The van der Waals surface area contributed by atoms with Crippen LogP contribution >= 0.6 is 0 Å². The second-order valence-corrected chi connectivity index (χ2v) is 4.79. The number of nitrogens with zero attached hydrogens (tertiary/aromatic N) is 2. The Morgan fingerprint density at radius 2 is 2.16 bits per heavy atom. The predicted octanol–water partition coefficient (Wildman–Crippen LogP) is 0.148. The van der Waals surface area contributed by atoms with Gasteiger partial charge in [-0.05, 0) is 6.42 Å². The maximum absolute atomic E-state index is 12.5. The molecule has 0 aliphatic carbocycles. The monoisotopic (exact) mass is 279 g/mol. The minimum absolute atomic E-state index is 0.0264. The summed E-state index contributed by atoms with van der Waals surface area (Å²) in [7, 11) is 1.49. The largest absolute Gasteiger partial charge is 0.383 e. The number of methoxy groups -OCH3 is 1. The minimum Gasteiger partial charge on any atom is -0.383 e. The van der Waals surface area contributed by atoms with Crippen molar-refractivity contribution < 1.29 is 18.3 Å². The number of carbonyl (C=O) groups is 1. The van der Waals surface area contributed by atoms with Crippen LogP contribution in [0.25, 0.3) is 0 Å². The van der Waals surface area contributed by atoms with Crippen LogP contribution in [-0.4, -0.2) is 74.1 Å². The molecule has 2 N–H and O–H groups in total. The molecule has 0 aromatic rings. The van der Waals surface area contributed by atoms with Gasteiger partial charge in [0, 0.05) is 32.8 Å². The summed E-state index contributed by atoms with van der Waals surface area (Å²) in [6.45, 7) is 3.25. The molecule has 2 atom stereocenters. The first-order chi connectivity index (χ1) is 8.99. The molecule has 112 valence electrons. The van der Waals surface area contributed by atoms with Crippen molar-refractivity contribution in [3.05, 3.63) is 0 Å². The molecule has 0 spiro atoms. The van der Waals surface area contributed by atoms with Crippen LogP contribution in [0.3, 0.4) is 0 Å². The zero-order valence-corrected chi connectivity index (χ0v) is 11.5. The number of ether oxygens (including phenoxy) is 1. The van der Waals surface area contributed by atoms with Crippen LogP contribution in [0.2, 0.25) is 0 Å². The summed E-state index contributed by atoms with van der Waals surface area (Å²) in [5, 5.41) is 0. The van der Waals surface area contributed by atoms with E-state index in [-0.39, 0.29) is 25.1 Å². The predicted molar refractivity (Wildman–Crippen MR) is 68.1 cm³/mol. The highest BCUT2D eigenvalue weighted by molar-refractivity contribution is 5.82. The Kier molecular flexibility index (Phi) is 6.60. The first-order valence-electron chi connectivity index (χ1n) is 6.55. The summed E-state index contributed by atoms with van der Waals surface area (Å²) in [6, 6.07) is -0.703. The Bertz CT molecular complexity index is 292.